The number of rotatable bonds is 28. The van der Waals surface area contributed by atoms with Gasteiger partial charge >= 0.3 is 6.03 Å². The number of azo groups is 4. The molecule has 8 aromatic carbocycles. The highest BCUT2D eigenvalue weighted by Crippen LogP contribution is 2.45. The number of amides is 2. The predicted molar refractivity (Wildman–Crippen MR) is 351 cm³/mol. The van der Waals surface area contributed by atoms with Crippen molar-refractivity contribution in [3.63, 3.8) is 0 Å². The molecule has 35 nitrogen and oxygen atoms in total. The van der Waals surface area contributed by atoms with Crippen LogP contribution in [0, 0.1) is 13.8 Å². The Labute approximate surface area is 558 Å². The van der Waals surface area contributed by atoms with Gasteiger partial charge in [-0.1, -0.05) is 12.1 Å². The molecule has 98 heavy (non-hydrogen) atoms. The molecule has 520 valence electrons. The molecule has 0 saturated heterocycles. The molecule has 0 bridgehead atoms. The van der Waals surface area contributed by atoms with Crippen LogP contribution in [0.15, 0.2) is 170 Å². The Hall–Kier alpha value is -9.79. The molecule has 0 radical (unpaired) electrons. The van der Waals surface area contributed by atoms with Crippen LogP contribution in [-0.2, 0) is 60.7 Å². The van der Waals surface area contributed by atoms with E-state index in [1.54, 1.807) is 13.8 Å². The van der Waals surface area contributed by atoms with Crippen LogP contribution in [0.2, 0.25) is 0 Å². The summed E-state index contributed by atoms with van der Waals surface area (Å²) in [7, 11) is -23.4. The third-order valence-electron chi connectivity index (χ3n) is 13.6. The zero-order valence-electron chi connectivity index (χ0n) is 51.6. The minimum atomic E-state index is -5.02. The summed E-state index contributed by atoms with van der Waals surface area (Å²) in [6.45, 7) is 2.56. The average Bonchev–Trinajstić information content (AvgIpc) is 0.775. The van der Waals surface area contributed by atoms with Crippen molar-refractivity contribution in [2.24, 2.45) is 40.9 Å². The van der Waals surface area contributed by atoms with E-state index in [9.17, 15) is 82.6 Å². The zero-order valence-corrected chi connectivity index (χ0v) is 56.5. The van der Waals surface area contributed by atoms with Crippen molar-refractivity contribution in [2.75, 3.05) is 63.8 Å². The van der Waals surface area contributed by atoms with E-state index in [2.05, 4.69) is 51.5 Å². The molecular weight excluding hydrogens is 1420 g/mol. The maximum absolute atomic E-state index is 14.0. The first-order valence-electron chi connectivity index (χ1n) is 27.6. The lowest BCUT2D eigenvalue weighted by molar-refractivity contribution is 0.261. The molecule has 8 aromatic rings. The van der Waals surface area contributed by atoms with Crippen molar-refractivity contribution in [2.45, 2.75) is 46.3 Å². The highest BCUT2D eigenvalue weighted by molar-refractivity contribution is 7.87. The highest BCUT2D eigenvalue weighted by Gasteiger charge is 2.25. The summed E-state index contributed by atoms with van der Waals surface area (Å²) < 4.78 is 235. The molecular formula is C57H56N10O25S6. The van der Waals surface area contributed by atoms with E-state index in [0.29, 0.717) is 23.3 Å². The molecule has 0 heterocycles. The molecule has 0 aliphatic carbocycles. The monoisotopic (exact) mass is 1470 g/mol. The van der Waals surface area contributed by atoms with Gasteiger partial charge in [0.15, 0.2) is 0 Å². The number of hydrogen-bond donors (Lipinski definition) is 8. The van der Waals surface area contributed by atoms with Gasteiger partial charge in [-0.05, 0) is 109 Å². The fourth-order valence-electron chi connectivity index (χ4n) is 9.03. The third kappa shape index (κ3) is 19.3. The normalized spacial score (nSPS) is 12.7. The Morgan fingerprint density at radius 1 is 0.378 bits per heavy atom. The second-order valence-electron chi connectivity index (χ2n) is 20.6. The molecule has 8 rings (SSSR count). The number of hydrogen-bond acceptors (Lipinski definition) is 27. The average molecular weight is 1470 g/mol. The van der Waals surface area contributed by atoms with Crippen LogP contribution in [0.3, 0.4) is 0 Å². The summed E-state index contributed by atoms with van der Waals surface area (Å²) in [6.07, 6.45) is -0.429. The maximum atomic E-state index is 14.0. The highest BCUT2D eigenvalue weighted by atomic mass is 32.2. The minimum absolute atomic E-state index is 0.0000201. The zero-order chi connectivity index (χ0) is 71.9. The molecule has 0 fully saturated rings. The second-order valence-corrected chi connectivity index (χ2v) is 29.3. The number of anilines is 2. The molecule has 0 aliphatic rings. The standard InChI is InChI=1S/C57H56N10O25S6/c1-31-17-43(53(91-13-7-15-93(69,70)71)25-41(31)62-66-47-29-49(87-3)45(27-51(47)89-5)64-60-35-11-9-33-19-37(95(75,76)77)23-55(39(33)21-35)97(81,82)83)58-57(68)59-44-18-32(2)42(26-54(44)92-14-8-16-94(72,73)74)63-67-48-30-50(88-4)46(28-52(48)90-6)65-61-36-12-10-34-20-38(96(78,79)80)24-56(40(34)22-36)98(84,85)86/h9-12,17-30H,7-8,13-16H2,1-6H3,(H2,58,59,68)(H,69,70,71)(H,72,73,74)(H,75,76,77)(H,78,79,80)(H,81,82,83)(H,84,85,86). The number of benzene rings is 8. The number of fused-ring (bicyclic) bond motifs is 2. The third-order valence-corrected chi connectivity index (χ3v) is 18.7. The van der Waals surface area contributed by atoms with Gasteiger partial charge in [0.1, 0.15) is 67.0 Å². The SMILES string of the molecule is COc1cc(N=Nc2cc(OCCCS(=O)(=O)O)c(NC(=O)Nc3cc(C)c(N=Nc4cc(OC)c(N=Nc5ccc6cc(S(=O)(=O)O)cc(S(=O)(=O)O)c6c5)cc4OC)cc3OCCCS(=O)(=O)O)cc2C)c(OC)cc1N=Nc1ccc2cc(S(=O)(=O)O)cc(S(=O)(=O)O)c2c1. The van der Waals surface area contributed by atoms with E-state index in [-0.39, 0.29) is 139 Å². The van der Waals surface area contributed by atoms with Crippen molar-refractivity contribution in [3.05, 3.63) is 120 Å². The van der Waals surface area contributed by atoms with Gasteiger partial charge in [0.25, 0.3) is 60.7 Å². The van der Waals surface area contributed by atoms with E-state index in [1.165, 1.54) is 113 Å². The number of carbonyl (C=O) groups is 1. The number of aryl methyl sites for hydroxylation is 2. The summed E-state index contributed by atoms with van der Waals surface area (Å²) >= 11 is 0. The topological polar surface area (TPSA) is 522 Å². The van der Waals surface area contributed by atoms with Crippen LogP contribution < -0.4 is 39.1 Å². The number of nitrogens with zero attached hydrogens (tertiary/aromatic N) is 8. The molecule has 0 unspecified atom stereocenters. The molecule has 0 spiro atoms. The summed E-state index contributed by atoms with van der Waals surface area (Å²) in [6, 6.07) is 21.0. The van der Waals surface area contributed by atoms with Crippen molar-refractivity contribution >= 4 is 145 Å². The smallest absolute Gasteiger partial charge is 0.323 e. The van der Waals surface area contributed by atoms with Gasteiger partial charge in [-0.2, -0.15) is 71.0 Å². The first kappa shape index (κ1) is 74.0. The van der Waals surface area contributed by atoms with Gasteiger partial charge < -0.3 is 39.1 Å². The number of nitrogens with one attached hydrogen (secondary N) is 2. The summed E-state index contributed by atoms with van der Waals surface area (Å²) in [5.41, 5.74) is 1.33. The van der Waals surface area contributed by atoms with Crippen LogP contribution in [0.4, 0.5) is 61.7 Å². The molecule has 0 aliphatic heterocycles. The number of urea groups is 1. The van der Waals surface area contributed by atoms with Crippen LogP contribution in [0.25, 0.3) is 21.5 Å². The molecule has 8 N–H and O–H groups in total. The Bertz CT molecular complexity index is 5020. The Morgan fingerprint density at radius 3 is 0.980 bits per heavy atom. The van der Waals surface area contributed by atoms with Crippen LogP contribution in [-0.4, -0.2) is 137 Å². The van der Waals surface area contributed by atoms with E-state index in [4.69, 9.17) is 28.4 Å². The first-order chi connectivity index (χ1) is 45.8. The summed E-state index contributed by atoms with van der Waals surface area (Å²) in [4.78, 5) is 10.8. The lowest BCUT2D eigenvalue weighted by Gasteiger charge is -2.17. The molecule has 0 aromatic heterocycles. The molecule has 41 heteroatoms. The van der Waals surface area contributed by atoms with Crippen LogP contribution in [0.5, 0.6) is 34.5 Å². The molecule has 2 amide bonds. The van der Waals surface area contributed by atoms with Crippen LogP contribution in [0.1, 0.15) is 24.0 Å². The Kier molecular flexibility index (Phi) is 22.6. The molecule has 0 atom stereocenters. The quantitative estimate of drug-likeness (QED) is 0.0128. The fourth-order valence-corrected chi connectivity index (χ4v) is 12.7. The second kappa shape index (κ2) is 29.9. The van der Waals surface area contributed by atoms with Gasteiger partial charge in [-0.15, -0.1) is 20.5 Å². The fraction of sp³-hybridized carbons (Fsp3) is 0.211. The van der Waals surface area contributed by atoms with Crippen LogP contribution >= 0.6 is 0 Å². The van der Waals surface area contributed by atoms with Gasteiger partial charge in [0.05, 0.1) is 97.1 Å². The van der Waals surface area contributed by atoms with E-state index >= 15 is 0 Å². The summed E-state index contributed by atoms with van der Waals surface area (Å²) in [5, 5.41) is 39.2. The number of ether oxygens (including phenoxy) is 6. The van der Waals surface area contributed by atoms with Crippen molar-refractivity contribution in [1.29, 1.82) is 0 Å². The van der Waals surface area contributed by atoms with E-state index in [1.807, 2.05) is 0 Å². The van der Waals surface area contributed by atoms with Gasteiger partial charge in [-0.25, -0.2) is 4.79 Å². The predicted octanol–water partition coefficient (Wildman–Crippen LogP) is 12.3. The van der Waals surface area contributed by atoms with Crippen molar-refractivity contribution in [3.8, 4) is 34.5 Å². The number of carbonyl (C=O) groups excluding carboxylic acids is 1. The largest absolute Gasteiger partial charge is 0.494 e. The van der Waals surface area contributed by atoms with Gasteiger partial charge in [0, 0.05) is 47.2 Å². The minimum Gasteiger partial charge on any atom is -0.494 e. The number of methoxy groups -OCH3 is 4. The maximum Gasteiger partial charge on any atom is 0.323 e. The summed E-state index contributed by atoms with van der Waals surface area (Å²) in [5.74, 6) is -1.26. The lowest BCUT2D eigenvalue weighted by atomic mass is 10.1. The van der Waals surface area contributed by atoms with Crippen molar-refractivity contribution < 1.29 is 111 Å². The Morgan fingerprint density at radius 2 is 0.684 bits per heavy atom. The van der Waals surface area contributed by atoms with E-state index < -0.39 is 97.8 Å². The van der Waals surface area contributed by atoms with Gasteiger partial charge in [0.2, 0.25) is 0 Å². The molecule has 0 saturated carbocycles. The Balaban J connectivity index is 1.06. The van der Waals surface area contributed by atoms with E-state index in [0.717, 1.165) is 12.1 Å². The lowest BCUT2D eigenvalue weighted by Crippen LogP contribution is -2.21. The first-order valence-corrected chi connectivity index (χ1v) is 36.6. The van der Waals surface area contributed by atoms with Crippen molar-refractivity contribution in [1.82, 2.24) is 0 Å². The van der Waals surface area contributed by atoms with Gasteiger partial charge in [-0.3, -0.25) is 27.3 Å².